The molecule has 0 unspecified atom stereocenters. The van der Waals surface area contributed by atoms with Crippen LogP contribution in [0.15, 0.2) is 48.7 Å². The zero-order valence-corrected chi connectivity index (χ0v) is 14.6. The van der Waals surface area contributed by atoms with Crippen LogP contribution in [0.1, 0.15) is 39.1 Å². The van der Waals surface area contributed by atoms with Gasteiger partial charge in [-0.25, -0.2) is 0 Å². The molecule has 1 aromatic carbocycles. The number of aromatic nitrogens is 2. The third kappa shape index (κ3) is 3.51. The minimum absolute atomic E-state index is 0.104. The number of pyridine rings is 1. The molecule has 0 aliphatic carbocycles. The molecule has 0 atom stereocenters. The van der Waals surface area contributed by atoms with Crippen LogP contribution in [-0.4, -0.2) is 15.3 Å². The standard InChI is InChI=1S/C19H19N3OS/c1-3-14-8-4-5-10-16(14)21-19(23)18-13(2)22-24-17(18)12-15-9-6-7-11-20-15/h4-11H,3,12H2,1-2H3,(H,21,23). The summed E-state index contributed by atoms with van der Waals surface area (Å²) in [6.45, 7) is 3.95. The van der Waals surface area contributed by atoms with E-state index < -0.39 is 0 Å². The predicted octanol–water partition coefficient (Wildman–Crippen LogP) is 4.25. The predicted molar refractivity (Wildman–Crippen MR) is 97.7 cm³/mol. The number of benzene rings is 1. The van der Waals surface area contributed by atoms with Crippen molar-refractivity contribution in [2.75, 3.05) is 5.32 Å². The fourth-order valence-electron chi connectivity index (χ4n) is 2.63. The van der Waals surface area contributed by atoms with Gasteiger partial charge in [0.15, 0.2) is 0 Å². The molecule has 0 aliphatic rings. The van der Waals surface area contributed by atoms with Gasteiger partial charge in [-0.1, -0.05) is 31.2 Å². The number of anilines is 1. The average molecular weight is 337 g/mol. The van der Waals surface area contributed by atoms with E-state index in [1.54, 1.807) is 6.20 Å². The molecule has 1 amide bonds. The number of carbonyl (C=O) groups excluding carboxylic acids is 1. The molecule has 0 saturated heterocycles. The van der Waals surface area contributed by atoms with Crippen molar-refractivity contribution in [3.63, 3.8) is 0 Å². The van der Waals surface area contributed by atoms with Crippen molar-refractivity contribution in [2.24, 2.45) is 0 Å². The van der Waals surface area contributed by atoms with Crippen LogP contribution in [-0.2, 0) is 12.8 Å². The van der Waals surface area contributed by atoms with Crippen molar-refractivity contribution in [1.29, 1.82) is 0 Å². The molecule has 1 N–H and O–H groups in total. The van der Waals surface area contributed by atoms with E-state index in [4.69, 9.17) is 0 Å². The summed E-state index contributed by atoms with van der Waals surface area (Å²) in [6, 6.07) is 13.7. The minimum atomic E-state index is -0.104. The molecule has 2 heterocycles. The van der Waals surface area contributed by atoms with Gasteiger partial charge < -0.3 is 5.32 Å². The van der Waals surface area contributed by atoms with Gasteiger partial charge in [-0.3, -0.25) is 9.78 Å². The number of rotatable bonds is 5. The number of hydrogen-bond donors (Lipinski definition) is 1. The minimum Gasteiger partial charge on any atom is -0.322 e. The summed E-state index contributed by atoms with van der Waals surface area (Å²) in [7, 11) is 0. The summed E-state index contributed by atoms with van der Waals surface area (Å²) in [6.07, 6.45) is 3.25. The van der Waals surface area contributed by atoms with Crippen LogP contribution in [0.4, 0.5) is 5.69 Å². The van der Waals surface area contributed by atoms with Gasteiger partial charge in [0.05, 0.1) is 11.3 Å². The second-order valence-corrected chi connectivity index (χ2v) is 6.39. The van der Waals surface area contributed by atoms with E-state index in [9.17, 15) is 4.79 Å². The Morgan fingerprint density at radius 1 is 1.17 bits per heavy atom. The first kappa shape index (κ1) is 16.3. The van der Waals surface area contributed by atoms with Gasteiger partial charge in [0.25, 0.3) is 5.91 Å². The maximum atomic E-state index is 12.8. The Morgan fingerprint density at radius 2 is 1.96 bits per heavy atom. The Bertz CT molecular complexity index is 843. The van der Waals surface area contributed by atoms with Gasteiger partial charge in [-0.05, 0) is 48.6 Å². The van der Waals surface area contributed by atoms with E-state index in [1.165, 1.54) is 11.5 Å². The van der Waals surface area contributed by atoms with Crippen LogP contribution in [0.2, 0.25) is 0 Å². The first-order valence-corrected chi connectivity index (χ1v) is 8.70. The first-order chi connectivity index (χ1) is 11.7. The molecule has 0 spiro atoms. The van der Waals surface area contributed by atoms with E-state index >= 15 is 0 Å². The lowest BCUT2D eigenvalue weighted by molar-refractivity contribution is 0.102. The van der Waals surface area contributed by atoms with E-state index in [2.05, 4.69) is 21.6 Å². The first-order valence-electron chi connectivity index (χ1n) is 7.93. The highest BCUT2D eigenvalue weighted by atomic mass is 32.1. The highest BCUT2D eigenvalue weighted by molar-refractivity contribution is 7.06. The number of amides is 1. The zero-order chi connectivity index (χ0) is 16.9. The molecule has 5 heteroatoms. The molecule has 24 heavy (non-hydrogen) atoms. The lowest BCUT2D eigenvalue weighted by Gasteiger charge is -2.10. The molecular formula is C19H19N3OS. The number of aryl methyl sites for hydroxylation is 2. The van der Waals surface area contributed by atoms with Crippen molar-refractivity contribution >= 4 is 23.1 Å². The molecule has 0 radical (unpaired) electrons. The molecule has 0 bridgehead atoms. The SMILES string of the molecule is CCc1ccccc1NC(=O)c1c(C)nsc1Cc1ccccn1. The molecule has 0 saturated carbocycles. The van der Waals surface area contributed by atoms with Crippen LogP contribution in [0.5, 0.6) is 0 Å². The second-order valence-electron chi connectivity index (χ2n) is 5.53. The number of hydrogen-bond acceptors (Lipinski definition) is 4. The van der Waals surface area contributed by atoms with E-state index in [1.807, 2.05) is 49.4 Å². The van der Waals surface area contributed by atoms with Crippen LogP contribution < -0.4 is 5.32 Å². The largest absolute Gasteiger partial charge is 0.322 e. The second kappa shape index (κ2) is 7.36. The highest BCUT2D eigenvalue weighted by Gasteiger charge is 2.19. The van der Waals surface area contributed by atoms with Crippen LogP contribution in [0.3, 0.4) is 0 Å². The smallest absolute Gasteiger partial charge is 0.258 e. The van der Waals surface area contributed by atoms with Gasteiger partial charge in [0.2, 0.25) is 0 Å². The van der Waals surface area contributed by atoms with Crippen molar-refractivity contribution in [3.8, 4) is 0 Å². The van der Waals surface area contributed by atoms with E-state index in [0.29, 0.717) is 12.0 Å². The van der Waals surface area contributed by atoms with Gasteiger partial charge >= 0.3 is 0 Å². The fourth-order valence-corrected chi connectivity index (χ4v) is 3.51. The van der Waals surface area contributed by atoms with Crippen molar-refractivity contribution in [3.05, 3.63) is 76.1 Å². The summed E-state index contributed by atoms with van der Waals surface area (Å²) in [5.41, 5.74) is 4.34. The molecule has 2 aromatic heterocycles. The molecule has 0 aliphatic heterocycles. The molecule has 4 nitrogen and oxygen atoms in total. The van der Waals surface area contributed by atoms with Crippen molar-refractivity contribution in [2.45, 2.75) is 26.7 Å². The van der Waals surface area contributed by atoms with Gasteiger partial charge in [-0.2, -0.15) is 4.37 Å². The van der Waals surface area contributed by atoms with Crippen LogP contribution in [0, 0.1) is 6.92 Å². The average Bonchev–Trinajstić information content (AvgIpc) is 2.96. The van der Waals surface area contributed by atoms with Gasteiger partial charge in [0, 0.05) is 28.9 Å². The van der Waals surface area contributed by atoms with Gasteiger partial charge in [-0.15, -0.1) is 0 Å². The summed E-state index contributed by atoms with van der Waals surface area (Å²) in [5.74, 6) is -0.104. The summed E-state index contributed by atoms with van der Waals surface area (Å²) < 4.78 is 4.37. The maximum Gasteiger partial charge on any atom is 0.258 e. The van der Waals surface area contributed by atoms with Crippen LogP contribution >= 0.6 is 11.5 Å². The lowest BCUT2D eigenvalue weighted by Crippen LogP contribution is -2.15. The zero-order valence-electron chi connectivity index (χ0n) is 13.7. The molecule has 122 valence electrons. The van der Waals surface area contributed by atoms with E-state index in [-0.39, 0.29) is 5.91 Å². The number of nitrogens with zero attached hydrogens (tertiary/aromatic N) is 2. The summed E-state index contributed by atoms with van der Waals surface area (Å²) >= 11 is 1.37. The number of para-hydroxylation sites is 1. The monoisotopic (exact) mass is 337 g/mol. The third-order valence-electron chi connectivity index (χ3n) is 3.87. The Hall–Kier alpha value is -2.53. The summed E-state index contributed by atoms with van der Waals surface area (Å²) in [5, 5.41) is 3.04. The number of nitrogens with one attached hydrogen (secondary N) is 1. The fraction of sp³-hybridized carbons (Fsp3) is 0.211. The molecular weight excluding hydrogens is 318 g/mol. The number of carbonyl (C=O) groups is 1. The van der Waals surface area contributed by atoms with E-state index in [0.717, 1.165) is 33.9 Å². The normalized spacial score (nSPS) is 10.6. The molecule has 3 rings (SSSR count). The Morgan fingerprint density at radius 3 is 2.71 bits per heavy atom. The lowest BCUT2D eigenvalue weighted by atomic mass is 10.1. The summed E-state index contributed by atoms with van der Waals surface area (Å²) in [4.78, 5) is 18.1. The molecule has 3 aromatic rings. The Kier molecular flexibility index (Phi) is 5.01. The van der Waals surface area contributed by atoms with Gasteiger partial charge in [0.1, 0.15) is 0 Å². The van der Waals surface area contributed by atoms with Crippen LogP contribution in [0.25, 0.3) is 0 Å². The Labute approximate surface area is 145 Å². The van der Waals surface area contributed by atoms with Crippen molar-refractivity contribution in [1.82, 2.24) is 9.36 Å². The molecule has 0 fully saturated rings. The van der Waals surface area contributed by atoms with Crippen molar-refractivity contribution < 1.29 is 4.79 Å². The highest BCUT2D eigenvalue weighted by Crippen LogP contribution is 2.24. The Balaban J connectivity index is 1.86. The third-order valence-corrected chi connectivity index (χ3v) is 4.81. The topological polar surface area (TPSA) is 54.9 Å². The quantitative estimate of drug-likeness (QED) is 0.757. The maximum absolute atomic E-state index is 12.8.